The molecule has 6 heteroatoms. The van der Waals surface area contributed by atoms with Crippen LogP contribution < -0.4 is 11.1 Å². The molecule has 2 heterocycles. The topological polar surface area (TPSA) is 86.7 Å². The SMILES string of the molecule is O=c1[nH]c2cc(-c3cc(NC4CC4)n[nH]3)ccc2o1. The molecule has 1 saturated carbocycles. The molecule has 0 saturated heterocycles. The van der Waals surface area contributed by atoms with Crippen molar-refractivity contribution in [3.05, 3.63) is 34.8 Å². The Morgan fingerprint density at radius 3 is 3.05 bits per heavy atom. The molecule has 0 amide bonds. The summed E-state index contributed by atoms with van der Waals surface area (Å²) in [6, 6.07) is 8.08. The second-order valence-electron chi connectivity index (χ2n) is 4.81. The van der Waals surface area contributed by atoms with E-state index in [9.17, 15) is 4.79 Å². The van der Waals surface area contributed by atoms with Gasteiger partial charge in [-0.15, -0.1) is 0 Å². The van der Waals surface area contributed by atoms with Crippen molar-refractivity contribution in [2.45, 2.75) is 18.9 Å². The highest BCUT2D eigenvalue weighted by Crippen LogP contribution is 2.27. The first-order valence-electron chi connectivity index (χ1n) is 6.23. The summed E-state index contributed by atoms with van der Waals surface area (Å²) in [6.07, 6.45) is 2.43. The van der Waals surface area contributed by atoms with Crippen LogP contribution >= 0.6 is 0 Å². The third-order valence-electron chi connectivity index (χ3n) is 3.24. The van der Waals surface area contributed by atoms with Gasteiger partial charge in [-0.2, -0.15) is 5.10 Å². The summed E-state index contributed by atoms with van der Waals surface area (Å²) in [5.41, 5.74) is 3.12. The first-order valence-corrected chi connectivity index (χ1v) is 6.23. The maximum Gasteiger partial charge on any atom is 0.417 e. The fourth-order valence-electron chi connectivity index (χ4n) is 2.10. The molecule has 1 fully saturated rings. The molecule has 96 valence electrons. The van der Waals surface area contributed by atoms with Crippen LogP contribution in [0.5, 0.6) is 0 Å². The van der Waals surface area contributed by atoms with Crippen LogP contribution in [-0.2, 0) is 0 Å². The lowest BCUT2D eigenvalue weighted by molar-refractivity contribution is 0.555. The number of fused-ring (bicyclic) bond motifs is 1. The van der Waals surface area contributed by atoms with Gasteiger partial charge < -0.3 is 9.73 Å². The lowest BCUT2D eigenvalue weighted by Gasteiger charge is -1.97. The molecule has 3 aromatic rings. The number of hydrogen-bond acceptors (Lipinski definition) is 4. The van der Waals surface area contributed by atoms with E-state index in [1.54, 1.807) is 6.07 Å². The van der Waals surface area contributed by atoms with E-state index >= 15 is 0 Å². The van der Waals surface area contributed by atoms with Gasteiger partial charge in [-0.25, -0.2) is 4.79 Å². The fraction of sp³-hybridized carbons (Fsp3) is 0.231. The molecule has 1 aliphatic rings. The van der Waals surface area contributed by atoms with Crippen LogP contribution in [0.3, 0.4) is 0 Å². The number of H-pyrrole nitrogens is 2. The highest BCUT2D eigenvalue weighted by atomic mass is 16.4. The molecule has 0 aliphatic heterocycles. The second kappa shape index (κ2) is 3.74. The van der Waals surface area contributed by atoms with Gasteiger partial charge in [-0.1, -0.05) is 0 Å². The standard InChI is InChI=1S/C13H12N4O2/c18-13-15-10-5-7(1-4-11(10)19-13)9-6-12(17-16-9)14-8-2-3-8/h1,4-6,8H,2-3H2,(H,15,18)(H2,14,16,17). The first-order chi connectivity index (χ1) is 9.28. The summed E-state index contributed by atoms with van der Waals surface area (Å²) in [6.45, 7) is 0. The van der Waals surface area contributed by atoms with Gasteiger partial charge in [0, 0.05) is 17.7 Å². The molecular weight excluding hydrogens is 244 g/mol. The minimum absolute atomic E-state index is 0.437. The molecule has 0 bridgehead atoms. The van der Waals surface area contributed by atoms with E-state index in [-0.39, 0.29) is 0 Å². The van der Waals surface area contributed by atoms with Crippen molar-refractivity contribution in [3.8, 4) is 11.3 Å². The Morgan fingerprint density at radius 1 is 1.32 bits per heavy atom. The molecule has 0 spiro atoms. The zero-order valence-electron chi connectivity index (χ0n) is 10.1. The van der Waals surface area contributed by atoms with Crippen molar-refractivity contribution < 1.29 is 4.42 Å². The molecule has 1 aliphatic carbocycles. The summed E-state index contributed by atoms with van der Waals surface area (Å²) in [5, 5.41) is 10.5. The van der Waals surface area contributed by atoms with E-state index in [1.807, 2.05) is 18.2 Å². The number of nitrogens with zero attached hydrogens (tertiary/aromatic N) is 1. The number of oxazole rings is 1. The van der Waals surface area contributed by atoms with Crippen LogP contribution in [0.4, 0.5) is 5.82 Å². The van der Waals surface area contributed by atoms with Gasteiger partial charge in [0.25, 0.3) is 0 Å². The first kappa shape index (κ1) is 10.4. The molecule has 0 radical (unpaired) electrons. The van der Waals surface area contributed by atoms with E-state index in [2.05, 4.69) is 20.5 Å². The van der Waals surface area contributed by atoms with Crippen LogP contribution in [0.1, 0.15) is 12.8 Å². The minimum Gasteiger partial charge on any atom is -0.408 e. The van der Waals surface area contributed by atoms with E-state index in [4.69, 9.17) is 4.42 Å². The normalized spacial score (nSPS) is 14.9. The van der Waals surface area contributed by atoms with Crippen molar-refractivity contribution in [1.29, 1.82) is 0 Å². The Bertz CT molecular complexity index is 794. The molecule has 19 heavy (non-hydrogen) atoms. The number of aromatic amines is 2. The van der Waals surface area contributed by atoms with E-state index < -0.39 is 5.76 Å². The summed E-state index contributed by atoms with van der Waals surface area (Å²) in [7, 11) is 0. The van der Waals surface area contributed by atoms with E-state index in [0.29, 0.717) is 17.1 Å². The van der Waals surface area contributed by atoms with Crippen LogP contribution in [0.2, 0.25) is 0 Å². The highest BCUT2D eigenvalue weighted by molar-refractivity contribution is 5.79. The largest absolute Gasteiger partial charge is 0.417 e. The van der Waals surface area contributed by atoms with Crippen LogP contribution in [0.15, 0.2) is 33.5 Å². The van der Waals surface area contributed by atoms with Gasteiger partial charge in [0.1, 0.15) is 5.82 Å². The quantitative estimate of drug-likeness (QED) is 0.669. The predicted octanol–water partition coefficient (Wildman–Crippen LogP) is 2.09. The zero-order valence-corrected chi connectivity index (χ0v) is 10.1. The van der Waals surface area contributed by atoms with Crippen molar-refractivity contribution in [1.82, 2.24) is 15.2 Å². The van der Waals surface area contributed by atoms with Crippen molar-refractivity contribution in [2.24, 2.45) is 0 Å². The lowest BCUT2D eigenvalue weighted by Crippen LogP contribution is -2.00. The van der Waals surface area contributed by atoms with Crippen LogP contribution in [0, 0.1) is 0 Å². The molecule has 2 aromatic heterocycles. The molecule has 4 rings (SSSR count). The summed E-state index contributed by atoms with van der Waals surface area (Å²) in [4.78, 5) is 13.8. The Hall–Kier alpha value is -2.50. The monoisotopic (exact) mass is 256 g/mol. The lowest BCUT2D eigenvalue weighted by atomic mass is 10.1. The Morgan fingerprint density at radius 2 is 2.21 bits per heavy atom. The van der Waals surface area contributed by atoms with Crippen LogP contribution in [-0.4, -0.2) is 21.2 Å². The summed E-state index contributed by atoms with van der Waals surface area (Å²) in [5.74, 6) is 0.422. The number of anilines is 1. The predicted molar refractivity (Wildman–Crippen MR) is 71.1 cm³/mol. The van der Waals surface area contributed by atoms with Gasteiger partial charge in [-0.3, -0.25) is 10.1 Å². The number of nitrogens with one attached hydrogen (secondary N) is 3. The van der Waals surface area contributed by atoms with Gasteiger partial charge >= 0.3 is 5.76 Å². The molecule has 0 atom stereocenters. The van der Waals surface area contributed by atoms with Crippen LogP contribution in [0.25, 0.3) is 22.4 Å². The number of aromatic nitrogens is 3. The Labute approximate surface area is 107 Å². The summed E-state index contributed by atoms with van der Waals surface area (Å²) >= 11 is 0. The van der Waals surface area contributed by atoms with Gasteiger partial charge in [0.2, 0.25) is 0 Å². The van der Waals surface area contributed by atoms with Gasteiger partial charge in [0.15, 0.2) is 5.58 Å². The maximum absolute atomic E-state index is 11.1. The van der Waals surface area contributed by atoms with Gasteiger partial charge in [-0.05, 0) is 31.0 Å². The smallest absolute Gasteiger partial charge is 0.408 e. The highest BCUT2D eigenvalue weighted by Gasteiger charge is 2.21. The Balaban J connectivity index is 1.71. The average Bonchev–Trinajstić information content (AvgIpc) is 2.94. The van der Waals surface area contributed by atoms with Gasteiger partial charge in [0.05, 0.1) is 11.2 Å². The second-order valence-corrected chi connectivity index (χ2v) is 4.81. The summed E-state index contributed by atoms with van der Waals surface area (Å²) < 4.78 is 4.98. The number of rotatable bonds is 3. The molecular formula is C13H12N4O2. The molecule has 6 nitrogen and oxygen atoms in total. The molecule has 1 aromatic carbocycles. The van der Waals surface area contributed by atoms with Crippen molar-refractivity contribution in [3.63, 3.8) is 0 Å². The third-order valence-corrected chi connectivity index (χ3v) is 3.24. The van der Waals surface area contributed by atoms with Crippen molar-refractivity contribution >= 4 is 16.9 Å². The number of benzene rings is 1. The number of hydrogen-bond donors (Lipinski definition) is 3. The maximum atomic E-state index is 11.1. The molecule has 0 unspecified atom stereocenters. The molecule has 3 N–H and O–H groups in total. The van der Waals surface area contributed by atoms with E-state index in [1.165, 1.54) is 12.8 Å². The minimum atomic E-state index is -0.437. The van der Waals surface area contributed by atoms with E-state index in [0.717, 1.165) is 17.1 Å². The van der Waals surface area contributed by atoms with Crippen molar-refractivity contribution in [2.75, 3.05) is 5.32 Å². The average molecular weight is 256 g/mol. The third kappa shape index (κ3) is 1.91. The Kier molecular flexibility index (Phi) is 2.05. The zero-order chi connectivity index (χ0) is 12.8. The fourth-order valence-corrected chi connectivity index (χ4v) is 2.10.